The number of hydrogen-bond donors (Lipinski definition) is 1. The zero-order chi connectivity index (χ0) is 42.8. The molecule has 0 spiro atoms. The van der Waals surface area contributed by atoms with Crippen LogP contribution in [0.15, 0.2) is 24.3 Å². The monoisotopic (exact) mass is 862 g/mol. The zero-order valence-electron chi connectivity index (χ0n) is 37.8. The summed E-state index contributed by atoms with van der Waals surface area (Å²) in [7, 11) is 0. The molecule has 0 saturated carbocycles. The SMILES string of the molecule is CCCCCCCCCCCCCCCCOCCOCCOCCOCCOCCOCCOCCOCCOCCOCCOCCOCCOc1ccccc1N. The summed E-state index contributed by atoms with van der Waals surface area (Å²) in [5, 5.41) is 0. The summed E-state index contributed by atoms with van der Waals surface area (Å²) in [5.41, 5.74) is 6.45. The Labute approximate surface area is 364 Å². The topological polar surface area (TPSA) is 146 Å². The van der Waals surface area contributed by atoms with Gasteiger partial charge in [0.2, 0.25) is 0 Å². The van der Waals surface area contributed by atoms with Crippen LogP contribution in [0.25, 0.3) is 0 Å². The van der Waals surface area contributed by atoms with E-state index in [0.717, 1.165) is 13.0 Å². The normalized spacial score (nSPS) is 11.6. The van der Waals surface area contributed by atoms with E-state index in [-0.39, 0.29) is 0 Å². The van der Waals surface area contributed by atoms with Gasteiger partial charge in [0.05, 0.1) is 158 Å². The molecule has 0 aliphatic rings. The number of rotatable bonds is 52. The van der Waals surface area contributed by atoms with Crippen LogP contribution in [-0.4, -0.2) is 165 Å². The summed E-state index contributed by atoms with van der Waals surface area (Å²) in [4.78, 5) is 0. The van der Waals surface area contributed by atoms with E-state index in [1.54, 1.807) is 6.07 Å². The Morgan fingerprint density at radius 2 is 0.517 bits per heavy atom. The fraction of sp³-hybridized carbons (Fsp3) is 0.870. The molecule has 0 radical (unpaired) electrons. The summed E-state index contributed by atoms with van der Waals surface area (Å²) < 4.78 is 72.0. The second-order valence-corrected chi connectivity index (χ2v) is 14.3. The lowest BCUT2D eigenvalue weighted by Gasteiger charge is -2.10. The van der Waals surface area contributed by atoms with Gasteiger partial charge in [-0.2, -0.15) is 0 Å². The molecule has 0 aromatic heterocycles. The minimum atomic E-state index is 0.438. The maximum Gasteiger partial charge on any atom is 0.142 e. The number of hydrogen-bond acceptors (Lipinski definition) is 14. The van der Waals surface area contributed by atoms with Crippen molar-refractivity contribution < 1.29 is 61.6 Å². The van der Waals surface area contributed by atoms with Gasteiger partial charge in [-0.3, -0.25) is 0 Å². The molecule has 0 saturated heterocycles. The summed E-state index contributed by atoms with van der Waals surface area (Å²) in [6.07, 6.45) is 19.2. The van der Waals surface area contributed by atoms with Gasteiger partial charge in [0, 0.05) is 6.61 Å². The highest BCUT2D eigenvalue weighted by molar-refractivity contribution is 5.51. The van der Waals surface area contributed by atoms with E-state index in [1.807, 2.05) is 18.2 Å². The van der Waals surface area contributed by atoms with Crippen LogP contribution in [0.4, 0.5) is 5.69 Å². The lowest BCUT2D eigenvalue weighted by molar-refractivity contribution is -0.0285. The zero-order valence-corrected chi connectivity index (χ0v) is 37.8. The number of anilines is 1. The molecule has 0 heterocycles. The molecule has 2 N–H and O–H groups in total. The number of benzene rings is 1. The predicted molar refractivity (Wildman–Crippen MR) is 236 cm³/mol. The fourth-order valence-electron chi connectivity index (χ4n) is 5.74. The minimum Gasteiger partial charge on any atom is -0.489 e. The number of nitrogen functional groups attached to an aromatic ring is 1. The maximum atomic E-state index is 5.83. The van der Waals surface area contributed by atoms with E-state index < -0.39 is 0 Å². The first kappa shape index (κ1) is 56.4. The van der Waals surface area contributed by atoms with Crippen molar-refractivity contribution in [3.8, 4) is 5.75 Å². The second-order valence-electron chi connectivity index (χ2n) is 14.3. The van der Waals surface area contributed by atoms with E-state index in [2.05, 4.69) is 6.92 Å². The smallest absolute Gasteiger partial charge is 0.142 e. The van der Waals surface area contributed by atoms with Crippen molar-refractivity contribution in [2.45, 2.75) is 96.8 Å². The van der Waals surface area contributed by atoms with Gasteiger partial charge in [-0.05, 0) is 18.6 Å². The first-order chi connectivity index (χ1) is 29.8. The average molecular weight is 862 g/mol. The molecule has 0 bridgehead atoms. The van der Waals surface area contributed by atoms with Gasteiger partial charge in [0.25, 0.3) is 0 Å². The van der Waals surface area contributed by atoms with Crippen LogP contribution in [-0.2, 0) is 56.8 Å². The molecule has 1 aromatic rings. The first-order valence-electron chi connectivity index (χ1n) is 23.2. The second kappa shape index (κ2) is 50.0. The molecular formula is C46H87NO13. The van der Waals surface area contributed by atoms with Gasteiger partial charge in [-0.1, -0.05) is 103 Å². The summed E-state index contributed by atoms with van der Waals surface area (Å²) in [6.45, 7) is 15.6. The molecule has 0 aliphatic carbocycles. The Bertz CT molecular complexity index is 951. The molecule has 14 heteroatoms. The van der Waals surface area contributed by atoms with Crippen LogP contribution in [0.5, 0.6) is 5.75 Å². The van der Waals surface area contributed by atoms with Gasteiger partial charge in [0.1, 0.15) is 12.4 Å². The molecule has 14 nitrogen and oxygen atoms in total. The van der Waals surface area contributed by atoms with Crippen LogP contribution in [0.2, 0.25) is 0 Å². The van der Waals surface area contributed by atoms with Gasteiger partial charge >= 0.3 is 0 Å². The highest BCUT2D eigenvalue weighted by Crippen LogP contribution is 2.19. The molecule has 0 atom stereocenters. The third kappa shape index (κ3) is 44.4. The van der Waals surface area contributed by atoms with Crippen molar-refractivity contribution >= 4 is 5.69 Å². The Kier molecular flexibility index (Phi) is 47.0. The Balaban J connectivity index is 1.60. The lowest BCUT2D eigenvalue weighted by Crippen LogP contribution is -2.15. The van der Waals surface area contributed by atoms with E-state index in [4.69, 9.17) is 67.3 Å². The lowest BCUT2D eigenvalue weighted by atomic mass is 10.0. The van der Waals surface area contributed by atoms with Crippen molar-refractivity contribution in [1.82, 2.24) is 0 Å². The molecule has 1 aromatic carbocycles. The summed E-state index contributed by atoms with van der Waals surface area (Å²) >= 11 is 0. The van der Waals surface area contributed by atoms with Crippen molar-refractivity contribution in [3.05, 3.63) is 24.3 Å². The first-order valence-corrected chi connectivity index (χ1v) is 23.2. The number of para-hydroxylation sites is 2. The summed E-state index contributed by atoms with van der Waals surface area (Å²) in [6, 6.07) is 7.39. The van der Waals surface area contributed by atoms with Crippen molar-refractivity contribution in [3.63, 3.8) is 0 Å². The number of ether oxygens (including phenoxy) is 13. The van der Waals surface area contributed by atoms with Crippen LogP contribution in [0, 0.1) is 0 Å². The van der Waals surface area contributed by atoms with Crippen LogP contribution >= 0.6 is 0 Å². The van der Waals surface area contributed by atoms with E-state index in [9.17, 15) is 0 Å². The van der Waals surface area contributed by atoms with Crippen molar-refractivity contribution in [1.29, 1.82) is 0 Å². The highest BCUT2D eigenvalue weighted by atomic mass is 16.6. The maximum absolute atomic E-state index is 5.83. The Morgan fingerprint density at radius 1 is 0.283 bits per heavy atom. The van der Waals surface area contributed by atoms with Crippen LogP contribution in [0.1, 0.15) is 96.8 Å². The molecule has 0 amide bonds. The van der Waals surface area contributed by atoms with E-state index in [1.165, 1.54) is 83.5 Å². The molecule has 1 rings (SSSR count). The molecule has 0 fully saturated rings. The quantitative estimate of drug-likeness (QED) is 0.0515. The highest BCUT2D eigenvalue weighted by Gasteiger charge is 2.00. The number of nitrogens with two attached hydrogens (primary N) is 1. The van der Waals surface area contributed by atoms with Crippen LogP contribution < -0.4 is 10.5 Å². The Morgan fingerprint density at radius 3 is 0.800 bits per heavy atom. The Hall–Kier alpha value is -1.66. The standard InChI is InChI=1S/C46H87NO13/c1-2-3-4-5-6-7-8-9-10-11-12-13-14-17-20-48-21-22-49-23-24-50-25-26-51-27-28-52-29-30-53-31-32-54-33-34-55-35-36-56-37-38-57-39-40-58-41-42-59-43-44-60-46-19-16-15-18-45(46)47/h15-16,18-19H,2-14,17,20-44,47H2,1H3. The average Bonchev–Trinajstić information content (AvgIpc) is 3.26. The third-order valence-electron chi connectivity index (χ3n) is 9.14. The third-order valence-corrected chi connectivity index (χ3v) is 9.14. The molecule has 0 aliphatic heterocycles. The molecule has 60 heavy (non-hydrogen) atoms. The number of unbranched alkanes of at least 4 members (excludes halogenated alkanes) is 13. The van der Waals surface area contributed by atoms with E-state index >= 15 is 0 Å². The van der Waals surface area contributed by atoms with Gasteiger partial charge in [0.15, 0.2) is 0 Å². The fourth-order valence-corrected chi connectivity index (χ4v) is 5.74. The largest absolute Gasteiger partial charge is 0.489 e. The minimum absolute atomic E-state index is 0.438. The summed E-state index contributed by atoms with van der Waals surface area (Å²) in [5.74, 6) is 0.669. The molecular weight excluding hydrogens is 774 g/mol. The van der Waals surface area contributed by atoms with Crippen molar-refractivity contribution in [2.24, 2.45) is 0 Å². The van der Waals surface area contributed by atoms with E-state index in [0.29, 0.717) is 170 Å². The molecule has 354 valence electrons. The molecule has 0 unspecified atom stereocenters. The van der Waals surface area contributed by atoms with Gasteiger partial charge in [-0.25, -0.2) is 0 Å². The van der Waals surface area contributed by atoms with Gasteiger partial charge < -0.3 is 67.3 Å². The van der Waals surface area contributed by atoms with Crippen molar-refractivity contribution in [2.75, 3.05) is 171 Å². The van der Waals surface area contributed by atoms with Crippen LogP contribution in [0.3, 0.4) is 0 Å². The van der Waals surface area contributed by atoms with Gasteiger partial charge in [-0.15, -0.1) is 0 Å². The predicted octanol–water partition coefficient (Wildman–Crippen LogP) is 7.33.